The maximum Gasteiger partial charge on any atom is 0.188 e. The lowest BCUT2D eigenvalue weighted by Crippen LogP contribution is -2.28. The number of sulfone groups is 1. The van der Waals surface area contributed by atoms with Gasteiger partial charge in [0.25, 0.3) is 0 Å². The summed E-state index contributed by atoms with van der Waals surface area (Å²) in [6, 6.07) is 5.09. The quantitative estimate of drug-likeness (QED) is 0.418. The van der Waals surface area contributed by atoms with Crippen molar-refractivity contribution in [3.8, 4) is 17.0 Å². The average molecular weight is 453 g/mol. The van der Waals surface area contributed by atoms with Crippen molar-refractivity contribution in [2.75, 3.05) is 25.6 Å². The molecule has 3 heterocycles. The SMILES string of the molecule is COc1cc2ncc(-c3cc(Cl)nc(NCCCO)c3)n2cc1S(=O)(=O)C(C)(C)C. The monoisotopic (exact) mass is 452 g/mol. The van der Waals surface area contributed by atoms with Crippen molar-refractivity contribution in [3.63, 3.8) is 0 Å². The van der Waals surface area contributed by atoms with Crippen LogP contribution >= 0.6 is 11.6 Å². The molecule has 0 aromatic carbocycles. The minimum atomic E-state index is -3.67. The maximum absolute atomic E-state index is 13.1. The number of rotatable bonds is 7. The van der Waals surface area contributed by atoms with Crippen molar-refractivity contribution in [2.24, 2.45) is 0 Å². The van der Waals surface area contributed by atoms with Gasteiger partial charge in [-0.1, -0.05) is 11.6 Å². The molecule has 0 aliphatic rings. The maximum atomic E-state index is 13.1. The first-order valence-electron chi connectivity index (χ1n) is 9.41. The van der Waals surface area contributed by atoms with Crippen LogP contribution < -0.4 is 10.1 Å². The lowest BCUT2D eigenvalue weighted by molar-refractivity contribution is 0.292. The average Bonchev–Trinajstić information content (AvgIpc) is 3.08. The van der Waals surface area contributed by atoms with Crippen LogP contribution in [0.5, 0.6) is 5.75 Å². The molecule has 3 rings (SSSR count). The highest BCUT2D eigenvalue weighted by Gasteiger charge is 2.34. The Morgan fingerprint density at radius 2 is 2.00 bits per heavy atom. The molecular formula is C20H25ClN4O4S. The third kappa shape index (κ3) is 4.23. The van der Waals surface area contributed by atoms with Crippen molar-refractivity contribution in [2.45, 2.75) is 36.8 Å². The van der Waals surface area contributed by atoms with Crippen molar-refractivity contribution >= 4 is 32.9 Å². The van der Waals surface area contributed by atoms with E-state index in [1.165, 1.54) is 13.3 Å². The van der Waals surface area contributed by atoms with E-state index in [0.29, 0.717) is 30.1 Å². The van der Waals surface area contributed by atoms with Crippen LogP contribution in [0.3, 0.4) is 0 Å². The van der Waals surface area contributed by atoms with Gasteiger partial charge < -0.3 is 15.2 Å². The van der Waals surface area contributed by atoms with Crippen LogP contribution in [-0.4, -0.2) is 52.9 Å². The highest BCUT2D eigenvalue weighted by molar-refractivity contribution is 7.92. The largest absolute Gasteiger partial charge is 0.495 e. The van der Waals surface area contributed by atoms with E-state index < -0.39 is 14.6 Å². The fourth-order valence-corrected chi connectivity index (χ4v) is 4.44. The second kappa shape index (κ2) is 8.41. The third-order valence-electron chi connectivity index (χ3n) is 4.62. The number of hydrogen-bond acceptors (Lipinski definition) is 7. The zero-order valence-corrected chi connectivity index (χ0v) is 18.9. The van der Waals surface area contributed by atoms with Gasteiger partial charge in [-0.15, -0.1) is 0 Å². The van der Waals surface area contributed by atoms with Gasteiger partial charge in [0.15, 0.2) is 9.84 Å². The molecule has 0 radical (unpaired) electrons. The lowest BCUT2D eigenvalue weighted by atomic mass is 10.2. The van der Waals surface area contributed by atoms with Crippen LogP contribution in [0.25, 0.3) is 16.9 Å². The number of halogens is 1. The number of ether oxygens (including phenoxy) is 1. The van der Waals surface area contributed by atoms with Crippen molar-refractivity contribution < 1.29 is 18.3 Å². The predicted octanol–water partition coefficient (Wildman–Crippen LogP) is 3.42. The molecule has 10 heteroatoms. The normalized spacial score (nSPS) is 12.3. The Morgan fingerprint density at radius 3 is 2.63 bits per heavy atom. The molecular weight excluding hydrogens is 428 g/mol. The zero-order chi connectivity index (χ0) is 22.1. The molecule has 0 fully saturated rings. The summed E-state index contributed by atoms with van der Waals surface area (Å²) in [6.07, 6.45) is 3.75. The molecule has 0 spiro atoms. The molecule has 3 aromatic heterocycles. The Kier molecular flexibility index (Phi) is 6.26. The summed E-state index contributed by atoms with van der Waals surface area (Å²) in [4.78, 5) is 8.72. The predicted molar refractivity (Wildman–Crippen MR) is 117 cm³/mol. The molecule has 0 saturated carbocycles. The Labute approximate surface area is 180 Å². The molecule has 0 atom stereocenters. The summed E-state index contributed by atoms with van der Waals surface area (Å²) in [5.74, 6) is 0.797. The molecule has 30 heavy (non-hydrogen) atoms. The lowest BCUT2D eigenvalue weighted by Gasteiger charge is -2.21. The summed E-state index contributed by atoms with van der Waals surface area (Å²) < 4.78 is 32.3. The van der Waals surface area contributed by atoms with E-state index in [4.69, 9.17) is 21.4 Å². The van der Waals surface area contributed by atoms with E-state index >= 15 is 0 Å². The molecule has 0 saturated heterocycles. The Morgan fingerprint density at radius 1 is 1.27 bits per heavy atom. The summed E-state index contributed by atoms with van der Waals surface area (Å²) in [5, 5.41) is 12.3. The van der Waals surface area contributed by atoms with E-state index in [0.717, 1.165) is 5.56 Å². The Hall–Kier alpha value is -2.36. The van der Waals surface area contributed by atoms with Gasteiger partial charge >= 0.3 is 0 Å². The molecule has 162 valence electrons. The van der Waals surface area contributed by atoms with Gasteiger partial charge in [-0.05, 0) is 39.3 Å². The van der Waals surface area contributed by atoms with E-state index in [9.17, 15) is 8.42 Å². The minimum absolute atomic E-state index is 0.0700. The molecule has 2 N–H and O–H groups in total. The van der Waals surface area contributed by atoms with Crippen LogP contribution in [-0.2, 0) is 9.84 Å². The van der Waals surface area contributed by atoms with E-state index in [-0.39, 0.29) is 22.4 Å². The van der Waals surface area contributed by atoms with Crippen molar-refractivity contribution in [3.05, 3.63) is 35.7 Å². The summed E-state index contributed by atoms with van der Waals surface area (Å²) in [5.41, 5.74) is 1.92. The molecule has 0 unspecified atom stereocenters. The van der Waals surface area contributed by atoms with Crippen molar-refractivity contribution in [1.29, 1.82) is 0 Å². The summed E-state index contributed by atoms with van der Waals surface area (Å²) in [6.45, 7) is 5.55. The Balaban J connectivity index is 2.16. The first-order valence-corrected chi connectivity index (χ1v) is 11.3. The van der Waals surface area contributed by atoms with Crippen LogP contribution in [0.2, 0.25) is 5.15 Å². The van der Waals surface area contributed by atoms with Gasteiger partial charge in [-0.2, -0.15) is 0 Å². The van der Waals surface area contributed by atoms with Crippen LogP contribution in [0.4, 0.5) is 5.82 Å². The van der Waals surface area contributed by atoms with Gasteiger partial charge in [0.05, 0.1) is 23.7 Å². The number of imidazole rings is 1. The van der Waals surface area contributed by atoms with Gasteiger partial charge in [0, 0.05) is 31.0 Å². The number of fused-ring (bicyclic) bond motifs is 1. The highest BCUT2D eigenvalue weighted by Crippen LogP contribution is 2.35. The number of methoxy groups -OCH3 is 1. The molecule has 0 amide bonds. The fourth-order valence-electron chi connectivity index (χ4n) is 2.92. The van der Waals surface area contributed by atoms with E-state index in [1.54, 1.807) is 49.6 Å². The number of pyridine rings is 2. The second-order valence-electron chi connectivity index (χ2n) is 7.76. The minimum Gasteiger partial charge on any atom is -0.495 e. The molecule has 8 nitrogen and oxygen atoms in total. The fraction of sp³-hybridized carbons (Fsp3) is 0.400. The van der Waals surface area contributed by atoms with Crippen LogP contribution in [0.15, 0.2) is 35.5 Å². The zero-order valence-electron chi connectivity index (χ0n) is 17.3. The first-order chi connectivity index (χ1) is 14.1. The van der Waals surface area contributed by atoms with Gasteiger partial charge in [0.1, 0.15) is 27.3 Å². The topological polar surface area (TPSA) is 106 Å². The van der Waals surface area contributed by atoms with Crippen LogP contribution in [0, 0.1) is 0 Å². The number of nitrogens with zero attached hydrogens (tertiary/aromatic N) is 3. The number of nitrogens with one attached hydrogen (secondary N) is 1. The molecule has 3 aromatic rings. The number of aliphatic hydroxyl groups excluding tert-OH is 1. The summed E-state index contributed by atoms with van der Waals surface area (Å²) in [7, 11) is -2.23. The molecule has 0 aliphatic heterocycles. The van der Waals surface area contributed by atoms with Crippen molar-refractivity contribution in [1.82, 2.24) is 14.4 Å². The summed E-state index contributed by atoms with van der Waals surface area (Å²) >= 11 is 6.20. The molecule has 0 aliphatic carbocycles. The first kappa shape index (κ1) is 22.3. The third-order valence-corrected chi connectivity index (χ3v) is 7.31. The smallest absolute Gasteiger partial charge is 0.188 e. The van der Waals surface area contributed by atoms with Crippen LogP contribution in [0.1, 0.15) is 27.2 Å². The highest BCUT2D eigenvalue weighted by atomic mass is 35.5. The standard InChI is InChI=1S/C20H25ClN4O4S/c1-20(2,3)30(27,28)16-12-25-14(11-23-19(25)10-15(16)29-4)13-8-17(21)24-18(9-13)22-6-5-7-26/h8-12,26H,5-7H2,1-4H3,(H,22,24). The number of aromatic nitrogens is 3. The number of anilines is 1. The van der Waals surface area contributed by atoms with Gasteiger partial charge in [-0.3, -0.25) is 4.40 Å². The molecule has 0 bridgehead atoms. The number of hydrogen-bond donors (Lipinski definition) is 2. The van der Waals surface area contributed by atoms with Gasteiger partial charge in [-0.25, -0.2) is 18.4 Å². The second-order valence-corrected chi connectivity index (χ2v) is 10.8. The van der Waals surface area contributed by atoms with E-state index in [1.807, 2.05) is 0 Å². The number of aliphatic hydroxyl groups is 1. The Bertz CT molecular complexity index is 1170. The van der Waals surface area contributed by atoms with E-state index in [2.05, 4.69) is 15.3 Å². The van der Waals surface area contributed by atoms with Gasteiger partial charge in [0.2, 0.25) is 0 Å².